The molecule has 7 heteroatoms. The molecule has 0 saturated carbocycles. The molecule has 2 heterocycles. The van der Waals surface area contributed by atoms with Crippen LogP contribution < -0.4 is 10.1 Å². The zero-order chi connectivity index (χ0) is 23.5. The summed E-state index contributed by atoms with van der Waals surface area (Å²) in [6.45, 7) is 11.5. The van der Waals surface area contributed by atoms with Gasteiger partial charge >= 0.3 is 0 Å². The number of aromatic nitrogens is 2. The molecule has 32 heavy (non-hydrogen) atoms. The molecular weight excluding hydrogens is 404 g/mol. The summed E-state index contributed by atoms with van der Waals surface area (Å²) >= 11 is 0. The van der Waals surface area contributed by atoms with Crippen molar-refractivity contribution in [2.75, 3.05) is 20.2 Å². The second-order valence-electron chi connectivity index (χ2n) is 9.52. The maximum atomic E-state index is 12.6. The summed E-state index contributed by atoms with van der Waals surface area (Å²) in [7, 11) is 1.62. The molecule has 1 fully saturated rings. The Morgan fingerprint density at radius 1 is 1.19 bits per heavy atom. The topological polar surface area (TPSA) is 84.4 Å². The number of nitrogens with zero attached hydrogens (tertiary/aromatic N) is 3. The van der Waals surface area contributed by atoms with Gasteiger partial charge in [-0.15, -0.1) is 0 Å². The zero-order valence-electron chi connectivity index (χ0n) is 20.0. The van der Waals surface area contributed by atoms with E-state index in [1.54, 1.807) is 7.11 Å². The number of likely N-dealkylation sites (tertiary alicyclic amines) is 1. The number of nitrogens with one attached hydrogen (secondary N) is 1. The van der Waals surface area contributed by atoms with Crippen LogP contribution in [0.3, 0.4) is 0 Å². The van der Waals surface area contributed by atoms with Gasteiger partial charge in [0.15, 0.2) is 0 Å². The van der Waals surface area contributed by atoms with Crippen LogP contribution in [0, 0.1) is 19.3 Å². The molecule has 0 radical (unpaired) electrons. The van der Waals surface area contributed by atoms with E-state index in [-0.39, 0.29) is 29.6 Å². The number of hydrogen-bond donors (Lipinski definition) is 1. The second-order valence-corrected chi connectivity index (χ2v) is 9.52. The van der Waals surface area contributed by atoms with Gasteiger partial charge < -0.3 is 15.0 Å². The van der Waals surface area contributed by atoms with Crippen molar-refractivity contribution in [1.82, 2.24) is 20.2 Å². The molecule has 2 amide bonds. The van der Waals surface area contributed by atoms with E-state index in [0.717, 1.165) is 47.1 Å². The van der Waals surface area contributed by atoms with Gasteiger partial charge in [-0.25, -0.2) is 9.97 Å². The summed E-state index contributed by atoms with van der Waals surface area (Å²) in [6.07, 6.45) is 1.10. The summed E-state index contributed by atoms with van der Waals surface area (Å²) in [5, 5.41) is 2.96. The van der Waals surface area contributed by atoms with E-state index in [2.05, 4.69) is 5.32 Å². The largest absolute Gasteiger partial charge is 0.497 e. The first kappa shape index (κ1) is 23.7. The first-order valence-corrected chi connectivity index (χ1v) is 11.1. The molecule has 0 bridgehead atoms. The van der Waals surface area contributed by atoms with Gasteiger partial charge in [-0.3, -0.25) is 9.59 Å². The van der Waals surface area contributed by atoms with E-state index >= 15 is 0 Å². The molecule has 1 aliphatic rings. The standard InChI is InChI=1S/C25H34N4O3/c1-16-21(13-22(30)26-14-18-8-7-9-20(12-18)32-6)17(2)28-23(27-16)19-10-11-29(15-19)24(31)25(3,4)5/h7-9,12,19H,10-11,13-15H2,1-6H3,(H,26,30). The molecule has 1 aliphatic heterocycles. The number of hydrogen-bond acceptors (Lipinski definition) is 5. The highest BCUT2D eigenvalue weighted by Crippen LogP contribution is 2.29. The summed E-state index contributed by atoms with van der Waals surface area (Å²) in [6, 6.07) is 7.64. The van der Waals surface area contributed by atoms with Crippen molar-refractivity contribution in [1.29, 1.82) is 0 Å². The number of carbonyl (C=O) groups is 2. The molecule has 1 N–H and O–H groups in total. The Bertz CT molecular complexity index is 974. The summed E-state index contributed by atoms with van der Waals surface area (Å²) in [5.41, 5.74) is 3.10. The number of aryl methyl sites for hydroxylation is 2. The van der Waals surface area contributed by atoms with Crippen molar-refractivity contribution in [2.24, 2.45) is 5.41 Å². The number of rotatable bonds is 6. The second kappa shape index (κ2) is 9.67. The highest BCUT2D eigenvalue weighted by Gasteiger charge is 2.34. The Kier molecular flexibility index (Phi) is 7.16. The van der Waals surface area contributed by atoms with E-state index in [0.29, 0.717) is 13.1 Å². The predicted octanol–water partition coefficient (Wildman–Crippen LogP) is 3.32. The average molecular weight is 439 g/mol. The third-order valence-electron chi connectivity index (χ3n) is 5.88. The van der Waals surface area contributed by atoms with Crippen molar-refractivity contribution < 1.29 is 14.3 Å². The number of methoxy groups -OCH3 is 1. The number of benzene rings is 1. The third-order valence-corrected chi connectivity index (χ3v) is 5.88. The summed E-state index contributed by atoms with van der Waals surface area (Å²) in [4.78, 5) is 36.5. The molecule has 172 valence electrons. The lowest BCUT2D eigenvalue weighted by Gasteiger charge is -2.25. The van der Waals surface area contributed by atoms with Crippen LogP contribution in [-0.2, 0) is 22.6 Å². The first-order valence-electron chi connectivity index (χ1n) is 11.1. The monoisotopic (exact) mass is 438 g/mol. The number of ether oxygens (including phenoxy) is 1. The van der Waals surface area contributed by atoms with Gasteiger partial charge in [0.2, 0.25) is 11.8 Å². The fourth-order valence-electron chi connectivity index (χ4n) is 4.04. The Balaban J connectivity index is 1.63. The molecule has 2 aromatic rings. The Hall–Kier alpha value is -2.96. The van der Waals surface area contributed by atoms with E-state index < -0.39 is 0 Å². The van der Waals surface area contributed by atoms with Gasteiger partial charge in [0.25, 0.3) is 0 Å². The zero-order valence-corrected chi connectivity index (χ0v) is 20.0. The summed E-state index contributed by atoms with van der Waals surface area (Å²) < 4.78 is 5.23. The maximum absolute atomic E-state index is 12.6. The van der Waals surface area contributed by atoms with Crippen LogP contribution in [-0.4, -0.2) is 46.9 Å². The molecule has 3 rings (SSSR count). The van der Waals surface area contributed by atoms with Crippen molar-refractivity contribution in [3.63, 3.8) is 0 Å². The lowest BCUT2D eigenvalue weighted by molar-refractivity contribution is -0.138. The van der Waals surface area contributed by atoms with Gasteiger partial charge in [0, 0.05) is 47.9 Å². The lowest BCUT2D eigenvalue weighted by Crippen LogP contribution is -2.37. The maximum Gasteiger partial charge on any atom is 0.227 e. The molecule has 0 spiro atoms. The molecule has 1 unspecified atom stereocenters. The van der Waals surface area contributed by atoms with Gasteiger partial charge in [-0.05, 0) is 38.0 Å². The fourth-order valence-corrected chi connectivity index (χ4v) is 4.04. The molecule has 1 aromatic heterocycles. The molecule has 7 nitrogen and oxygen atoms in total. The van der Waals surface area contributed by atoms with Crippen LogP contribution in [0.4, 0.5) is 0 Å². The molecule has 1 saturated heterocycles. The predicted molar refractivity (Wildman–Crippen MR) is 123 cm³/mol. The molecule has 0 aliphatic carbocycles. The van der Waals surface area contributed by atoms with Crippen LogP contribution >= 0.6 is 0 Å². The highest BCUT2D eigenvalue weighted by molar-refractivity contribution is 5.82. The van der Waals surface area contributed by atoms with Crippen molar-refractivity contribution in [3.05, 3.63) is 52.6 Å². The first-order chi connectivity index (χ1) is 15.1. The number of amides is 2. The Morgan fingerprint density at radius 3 is 2.50 bits per heavy atom. The lowest BCUT2D eigenvalue weighted by atomic mass is 9.95. The minimum atomic E-state index is -0.385. The fraction of sp³-hybridized carbons (Fsp3) is 0.520. The van der Waals surface area contributed by atoms with Crippen LogP contribution in [0.1, 0.15) is 61.4 Å². The molecule has 1 aromatic carbocycles. The van der Waals surface area contributed by atoms with Crippen LogP contribution in [0.5, 0.6) is 5.75 Å². The normalized spacial score (nSPS) is 16.2. The number of carbonyl (C=O) groups excluding carboxylic acids is 2. The van der Waals surface area contributed by atoms with Crippen LogP contribution in [0.25, 0.3) is 0 Å². The van der Waals surface area contributed by atoms with E-state index in [1.165, 1.54) is 0 Å². The van der Waals surface area contributed by atoms with E-state index in [1.807, 2.05) is 63.8 Å². The van der Waals surface area contributed by atoms with Crippen LogP contribution in [0.15, 0.2) is 24.3 Å². The summed E-state index contributed by atoms with van der Waals surface area (Å²) in [5.74, 6) is 1.76. The van der Waals surface area contributed by atoms with E-state index in [9.17, 15) is 9.59 Å². The average Bonchev–Trinajstić information content (AvgIpc) is 3.23. The molecule has 1 atom stereocenters. The Morgan fingerprint density at radius 2 is 1.88 bits per heavy atom. The van der Waals surface area contributed by atoms with Gasteiger partial charge in [-0.1, -0.05) is 32.9 Å². The highest BCUT2D eigenvalue weighted by atomic mass is 16.5. The SMILES string of the molecule is COc1cccc(CNC(=O)Cc2c(C)nc(C3CCN(C(=O)C(C)(C)C)C3)nc2C)c1. The van der Waals surface area contributed by atoms with Gasteiger partial charge in [0.1, 0.15) is 11.6 Å². The molecular formula is C25H34N4O3. The van der Waals surface area contributed by atoms with Crippen LogP contribution in [0.2, 0.25) is 0 Å². The van der Waals surface area contributed by atoms with Gasteiger partial charge in [-0.2, -0.15) is 0 Å². The minimum Gasteiger partial charge on any atom is -0.497 e. The smallest absolute Gasteiger partial charge is 0.227 e. The van der Waals surface area contributed by atoms with Crippen molar-refractivity contribution in [3.8, 4) is 5.75 Å². The van der Waals surface area contributed by atoms with E-state index in [4.69, 9.17) is 14.7 Å². The minimum absolute atomic E-state index is 0.0711. The quantitative estimate of drug-likeness (QED) is 0.748. The van der Waals surface area contributed by atoms with Gasteiger partial charge in [0.05, 0.1) is 13.5 Å². The third kappa shape index (κ3) is 5.64. The van der Waals surface area contributed by atoms with Crippen molar-refractivity contribution in [2.45, 2.75) is 59.9 Å². The van der Waals surface area contributed by atoms with Crippen molar-refractivity contribution >= 4 is 11.8 Å². The Labute approximate surface area is 190 Å².